The summed E-state index contributed by atoms with van der Waals surface area (Å²) in [5, 5.41) is 3.55. The van der Waals surface area contributed by atoms with E-state index >= 15 is 0 Å². The molecule has 1 N–H and O–H groups in total. The summed E-state index contributed by atoms with van der Waals surface area (Å²) in [5.41, 5.74) is 0. The molecule has 10 heavy (non-hydrogen) atoms. The Morgan fingerprint density at radius 3 is 2.80 bits per heavy atom. The van der Waals surface area contributed by atoms with Crippen LogP contribution in [-0.2, 0) is 0 Å². The van der Waals surface area contributed by atoms with Crippen LogP contribution in [0, 0.1) is 0 Å². The van der Waals surface area contributed by atoms with Crippen molar-refractivity contribution >= 4 is 0 Å². The SMILES string of the molecule is CCC1C2CC(CN2)N1C. The van der Waals surface area contributed by atoms with E-state index in [1.807, 2.05) is 0 Å². The van der Waals surface area contributed by atoms with E-state index in [0.717, 1.165) is 18.1 Å². The molecule has 2 heterocycles. The first-order valence-electron chi connectivity index (χ1n) is 4.28. The largest absolute Gasteiger partial charge is 0.311 e. The number of nitrogens with one attached hydrogen (secondary N) is 1. The molecule has 2 bridgehead atoms. The van der Waals surface area contributed by atoms with E-state index in [-0.39, 0.29) is 0 Å². The maximum absolute atomic E-state index is 3.55. The van der Waals surface area contributed by atoms with Gasteiger partial charge in [-0.15, -0.1) is 0 Å². The predicted molar refractivity (Wildman–Crippen MR) is 42.0 cm³/mol. The maximum Gasteiger partial charge on any atom is 0.0247 e. The highest BCUT2D eigenvalue weighted by atomic mass is 15.3. The molecule has 0 amide bonds. The highest BCUT2D eigenvalue weighted by molar-refractivity contribution is 5.02. The lowest BCUT2D eigenvalue weighted by atomic mass is 10.1. The van der Waals surface area contributed by atoms with Crippen LogP contribution in [-0.4, -0.2) is 36.6 Å². The molecule has 2 fully saturated rings. The van der Waals surface area contributed by atoms with Crippen LogP contribution < -0.4 is 5.32 Å². The Hall–Kier alpha value is -0.0800. The zero-order chi connectivity index (χ0) is 7.14. The van der Waals surface area contributed by atoms with Crippen molar-refractivity contribution in [2.24, 2.45) is 0 Å². The quantitative estimate of drug-likeness (QED) is 0.568. The highest BCUT2D eigenvalue weighted by Gasteiger charge is 2.42. The summed E-state index contributed by atoms with van der Waals surface area (Å²) in [5.74, 6) is 0. The van der Waals surface area contributed by atoms with Crippen LogP contribution in [0.5, 0.6) is 0 Å². The molecule has 58 valence electrons. The zero-order valence-electron chi connectivity index (χ0n) is 6.80. The second-order valence-electron chi connectivity index (χ2n) is 3.55. The van der Waals surface area contributed by atoms with E-state index in [9.17, 15) is 0 Å². The van der Waals surface area contributed by atoms with Crippen LogP contribution in [0.2, 0.25) is 0 Å². The average Bonchev–Trinajstić information content (AvgIpc) is 2.46. The molecule has 2 rings (SSSR count). The molecular formula is C8H16N2. The van der Waals surface area contributed by atoms with Gasteiger partial charge in [-0.2, -0.15) is 0 Å². The molecule has 2 aliphatic rings. The summed E-state index contributed by atoms with van der Waals surface area (Å²) in [7, 11) is 2.26. The van der Waals surface area contributed by atoms with E-state index in [2.05, 4.69) is 24.2 Å². The Labute approximate surface area is 62.6 Å². The third-order valence-corrected chi connectivity index (χ3v) is 3.12. The second-order valence-corrected chi connectivity index (χ2v) is 3.55. The number of likely N-dealkylation sites (N-methyl/N-ethyl adjacent to an activating group) is 1. The summed E-state index contributed by atoms with van der Waals surface area (Å²) in [6.07, 6.45) is 2.68. The summed E-state index contributed by atoms with van der Waals surface area (Å²) in [6, 6.07) is 2.47. The lowest BCUT2D eigenvalue weighted by Crippen LogP contribution is -2.48. The fourth-order valence-corrected chi connectivity index (χ4v) is 2.48. The van der Waals surface area contributed by atoms with Crippen molar-refractivity contribution in [3.63, 3.8) is 0 Å². The Morgan fingerprint density at radius 1 is 1.60 bits per heavy atom. The van der Waals surface area contributed by atoms with Crippen molar-refractivity contribution in [1.29, 1.82) is 0 Å². The summed E-state index contributed by atoms with van der Waals surface area (Å²) < 4.78 is 0. The molecule has 0 aromatic heterocycles. The molecule has 2 aliphatic heterocycles. The molecule has 0 saturated carbocycles. The van der Waals surface area contributed by atoms with Gasteiger partial charge in [-0.05, 0) is 19.9 Å². The smallest absolute Gasteiger partial charge is 0.0247 e. The van der Waals surface area contributed by atoms with Crippen molar-refractivity contribution in [1.82, 2.24) is 10.2 Å². The lowest BCUT2D eigenvalue weighted by molar-refractivity contribution is 0.188. The first kappa shape index (κ1) is 6.62. The van der Waals surface area contributed by atoms with Gasteiger partial charge < -0.3 is 5.32 Å². The van der Waals surface area contributed by atoms with Crippen molar-refractivity contribution in [2.75, 3.05) is 13.6 Å². The highest BCUT2D eigenvalue weighted by Crippen LogP contribution is 2.29. The molecule has 0 aliphatic carbocycles. The van der Waals surface area contributed by atoms with Crippen LogP contribution >= 0.6 is 0 Å². The number of piperazine rings is 1. The Balaban J connectivity index is 2.10. The third kappa shape index (κ3) is 0.722. The van der Waals surface area contributed by atoms with Gasteiger partial charge in [-0.25, -0.2) is 0 Å². The first-order valence-corrected chi connectivity index (χ1v) is 4.28. The van der Waals surface area contributed by atoms with Crippen LogP contribution in [0.3, 0.4) is 0 Å². The van der Waals surface area contributed by atoms with Crippen molar-refractivity contribution < 1.29 is 0 Å². The minimum atomic E-state index is 0.806. The van der Waals surface area contributed by atoms with Gasteiger partial charge >= 0.3 is 0 Å². The van der Waals surface area contributed by atoms with Gasteiger partial charge in [0, 0.05) is 24.7 Å². The first-order chi connectivity index (χ1) is 4.83. The van der Waals surface area contributed by atoms with E-state index in [1.165, 1.54) is 19.4 Å². The fourth-order valence-electron chi connectivity index (χ4n) is 2.48. The van der Waals surface area contributed by atoms with Gasteiger partial charge in [0.1, 0.15) is 0 Å². The van der Waals surface area contributed by atoms with Crippen molar-refractivity contribution in [3.05, 3.63) is 0 Å². The second kappa shape index (κ2) is 2.21. The Morgan fingerprint density at radius 2 is 2.40 bits per heavy atom. The van der Waals surface area contributed by atoms with E-state index in [1.54, 1.807) is 0 Å². The predicted octanol–water partition coefficient (Wildman–Crippen LogP) is 0.441. The van der Waals surface area contributed by atoms with Crippen molar-refractivity contribution in [2.45, 2.75) is 37.9 Å². The summed E-state index contributed by atoms with van der Waals surface area (Å²) >= 11 is 0. The molecule has 0 aromatic carbocycles. The van der Waals surface area contributed by atoms with E-state index in [0.29, 0.717) is 0 Å². The number of fused-ring (bicyclic) bond motifs is 2. The molecule has 3 unspecified atom stereocenters. The topological polar surface area (TPSA) is 15.3 Å². The molecular weight excluding hydrogens is 124 g/mol. The number of rotatable bonds is 1. The van der Waals surface area contributed by atoms with Gasteiger partial charge in [-0.3, -0.25) is 4.90 Å². The van der Waals surface area contributed by atoms with Gasteiger partial charge in [0.15, 0.2) is 0 Å². The summed E-state index contributed by atoms with van der Waals surface area (Å²) in [4.78, 5) is 2.54. The van der Waals surface area contributed by atoms with Crippen LogP contribution in [0.4, 0.5) is 0 Å². The molecule has 0 spiro atoms. The molecule has 2 heteroatoms. The molecule has 0 radical (unpaired) electrons. The van der Waals surface area contributed by atoms with Gasteiger partial charge in [0.05, 0.1) is 0 Å². The van der Waals surface area contributed by atoms with Gasteiger partial charge in [-0.1, -0.05) is 6.92 Å². The van der Waals surface area contributed by atoms with Gasteiger partial charge in [0.25, 0.3) is 0 Å². The molecule has 3 atom stereocenters. The third-order valence-electron chi connectivity index (χ3n) is 3.12. The minimum Gasteiger partial charge on any atom is -0.311 e. The molecule has 2 nitrogen and oxygen atoms in total. The van der Waals surface area contributed by atoms with Crippen LogP contribution in [0.25, 0.3) is 0 Å². The maximum atomic E-state index is 3.55. The average molecular weight is 140 g/mol. The van der Waals surface area contributed by atoms with Crippen molar-refractivity contribution in [3.8, 4) is 0 Å². The zero-order valence-corrected chi connectivity index (χ0v) is 6.80. The number of likely N-dealkylation sites (tertiary alicyclic amines) is 1. The lowest BCUT2D eigenvalue weighted by Gasteiger charge is -2.31. The van der Waals surface area contributed by atoms with E-state index < -0.39 is 0 Å². The minimum absolute atomic E-state index is 0.806. The van der Waals surface area contributed by atoms with Gasteiger partial charge in [0.2, 0.25) is 0 Å². The van der Waals surface area contributed by atoms with Crippen LogP contribution in [0.1, 0.15) is 19.8 Å². The number of hydrogen-bond donors (Lipinski definition) is 1. The molecule has 0 aromatic rings. The van der Waals surface area contributed by atoms with Crippen LogP contribution in [0.15, 0.2) is 0 Å². The van der Waals surface area contributed by atoms with E-state index in [4.69, 9.17) is 0 Å². The normalized spacial score (nSPS) is 46.8. The monoisotopic (exact) mass is 140 g/mol. The Kier molecular flexibility index (Phi) is 1.46. The molecule has 2 saturated heterocycles. The number of hydrogen-bond acceptors (Lipinski definition) is 2. The standard InChI is InChI=1S/C8H16N2/c1-3-8-7-4-6(5-9-7)10(8)2/h6-9H,3-5H2,1-2H3. The summed E-state index contributed by atoms with van der Waals surface area (Å²) in [6.45, 7) is 3.50. The number of nitrogens with zero attached hydrogens (tertiary/aromatic N) is 1. The Bertz CT molecular complexity index is 133. The fraction of sp³-hybridized carbons (Fsp3) is 1.00.